The number of allylic oxidation sites excluding steroid dienone is 6. The molecule has 0 fully saturated rings. The van der Waals surface area contributed by atoms with Crippen LogP contribution in [0.1, 0.15) is 142 Å². The molecule has 0 rings (SSSR count). The number of carboxylic acids is 1. The normalized spacial score (nSPS) is 14.4. The molecule has 4 N–H and O–H groups in total. The van der Waals surface area contributed by atoms with Crippen LogP contribution < -0.4 is 5.73 Å². The van der Waals surface area contributed by atoms with Crippen LogP contribution in [-0.2, 0) is 37.5 Å². The topological polar surface area (TPSA) is 172 Å². The van der Waals surface area contributed by atoms with E-state index in [-0.39, 0.29) is 19.4 Å². The Labute approximate surface area is 289 Å². The molecule has 0 spiro atoms. The minimum Gasteiger partial charge on any atom is -0.480 e. The van der Waals surface area contributed by atoms with Crippen LogP contribution in [0.15, 0.2) is 36.5 Å². The first-order chi connectivity index (χ1) is 23.1. The Bertz CT molecular complexity index is 968. The summed E-state index contributed by atoms with van der Waals surface area (Å²) in [6.07, 6.45) is 30.8. The van der Waals surface area contributed by atoms with E-state index in [0.717, 1.165) is 70.6 Å². The summed E-state index contributed by atoms with van der Waals surface area (Å²) in [5, 5.41) is 8.84. The van der Waals surface area contributed by atoms with Gasteiger partial charge < -0.3 is 25.2 Å². The van der Waals surface area contributed by atoms with Gasteiger partial charge in [0, 0.05) is 12.8 Å². The average molecular weight is 702 g/mol. The van der Waals surface area contributed by atoms with Gasteiger partial charge in [0.05, 0.1) is 13.2 Å². The fourth-order valence-corrected chi connectivity index (χ4v) is 5.33. The van der Waals surface area contributed by atoms with E-state index in [0.29, 0.717) is 12.8 Å². The van der Waals surface area contributed by atoms with Crippen molar-refractivity contribution in [2.75, 3.05) is 19.8 Å². The van der Waals surface area contributed by atoms with Crippen molar-refractivity contribution in [3.8, 4) is 0 Å². The van der Waals surface area contributed by atoms with Crippen molar-refractivity contribution < 1.29 is 47.5 Å². The second-order valence-electron chi connectivity index (χ2n) is 12.0. The Morgan fingerprint density at radius 1 is 0.667 bits per heavy atom. The van der Waals surface area contributed by atoms with Crippen LogP contribution >= 0.6 is 7.82 Å². The van der Waals surface area contributed by atoms with E-state index in [4.69, 9.17) is 24.8 Å². The summed E-state index contributed by atoms with van der Waals surface area (Å²) >= 11 is 0. The van der Waals surface area contributed by atoms with Crippen molar-refractivity contribution in [1.29, 1.82) is 0 Å². The van der Waals surface area contributed by atoms with Crippen molar-refractivity contribution in [1.82, 2.24) is 0 Å². The molecule has 0 aromatic heterocycles. The van der Waals surface area contributed by atoms with Gasteiger partial charge in [-0.2, -0.15) is 0 Å². The largest absolute Gasteiger partial charge is 0.480 e. The fraction of sp³-hybridized carbons (Fsp3) is 0.750. The van der Waals surface area contributed by atoms with Crippen LogP contribution in [0.25, 0.3) is 0 Å². The van der Waals surface area contributed by atoms with E-state index >= 15 is 0 Å². The van der Waals surface area contributed by atoms with E-state index in [1.807, 2.05) is 0 Å². The van der Waals surface area contributed by atoms with Crippen LogP contribution in [0.5, 0.6) is 0 Å². The molecule has 0 saturated carbocycles. The van der Waals surface area contributed by atoms with E-state index < -0.39 is 51.1 Å². The molecule has 0 amide bonds. The average Bonchev–Trinajstić information content (AvgIpc) is 3.05. The van der Waals surface area contributed by atoms with Crippen molar-refractivity contribution in [3.05, 3.63) is 36.5 Å². The van der Waals surface area contributed by atoms with Gasteiger partial charge in [0.2, 0.25) is 0 Å². The maximum absolute atomic E-state index is 12.5. The van der Waals surface area contributed by atoms with Crippen LogP contribution in [0.3, 0.4) is 0 Å². The number of unbranched alkanes of at least 4 members (excludes halogenated alkanes) is 13. The van der Waals surface area contributed by atoms with Gasteiger partial charge in [-0.05, 0) is 44.9 Å². The number of ether oxygens (including phenoxy) is 2. The van der Waals surface area contributed by atoms with Gasteiger partial charge in [-0.15, -0.1) is 0 Å². The summed E-state index contributed by atoms with van der Waals surface area (Å²) in [6, 6.07) is -1.52. The van der Waals surface area contributed by atoms with Crippen LogP contribution in [0.4, 0.5) is 0 Å². The standard InChI is InChI=1S/C36H64NO10P/c1-3-5-7-9-11-13-14-15-16-17-18-20-22-24-26-28-35(39)47-32(30-45-48(42,43)46-31-33(37)36(40)41)29-44-34(38)27-25-23-21-19-12-10-8-6-4-2/h5,7,11,13,15-16,32-33H,3-4,6,8-10,12,14,17-31,37H2,1-2H3,(H,40,41)(H,42,43)/b7-5-,13-11-,16-15-/t32-,33+/m1/s1. The molecule has 0 aromatic rings. The van der Waals surface area contributed by atoms with Gasteiger partial charge in [-0.3, -0.25) is 23.4 Å². The predicted octanol–water partition coefficient (Wildman–Crippen LogP) is 8.50. The van der Waals surface area contributed by atoms with Crippen molar-refractivity contribution in [3.63, 3.8) is 0 Å². The van der Waals surface area contributed by atoms with E-state index in [9.17, 15) is 23.8 Å². The smallest absolute Gasteiger partial charge is 0.472 e. The number of carbonyl (C=O) groups excluding carboxylic acids is 2. The predicted molar refractivity (Wildman–Crippen MR) is 189 cm³/mol. The monoisotopic (exact) mass is 701 g/mol. The highest BCUT2D eigenvalue weighted by molar-refractivity contribution is 7.47. The Morgan fingerprint density at radius 3 is 1.75 bits per heavy atom. The molecule has 0 aliphatic rings. The van der Waals surface area contributed by atoms with Gasteiger partial charge in [-0.25, -0.2) is 4.57 Å². The second-order valence-corrected chi connectivity index (χ2v) is 13.4. The molecule has 0 heterocycles. The summed E-state index contributed by atoms with van der Waals surface area (Å²) in [7, 11) is -4.71. The highest BCUT2D eigenvalue weighted by Gasteiger charge is 2.28. The lowest BCUT2D eigenvalue weighted by Crippen LogP contribution is -2.34. The van der Waals surface area contributed by atoms with Gasteiger partial charge in [0.15, 0.2) is 6.10 Å². The Hall–Kier alpha value is -2.30. The Kier molecular flexibility index (Phi) is 30.4. The van der Waals surface area contributed by atoms with Crippen LogP contribution in [0, 0.1) is 0 Å². The Morgan fingerprint density at radius 2 is 1.17 bits per heavy atom. The van der Waals surface area contributed by atoms with Gasteiger partial charge >= 0.3 is 25.7 Å². The molecule has 278 valence electrons. The zero-order valence-corrected chi connectivity index (χ0v) is 30.5. The number of carboxylic acid groups (broad SMARTS) is 1. The highest BCUT2D eigenvalue weighted by Crippen LogP contribution is 2.43. The van der Waals surface area contributed by atoms with Gasteiger partial charge in [0.1, 0.15) is 12.6 Å². The van der Waals surface area contributed by atoms with Crippen LogP contribution in [0.2, 0.25) is 0 Å². The number of phosphoric ester groups is 1. The molecule has 1 unspecified atom stereocenters. The molecule has 12 heteroatoms. The van der Waals surface area contributed by atoms with Crippen molar-refractivity contribution >= 4 is 25.7 Å². The van der Waals surface area contributed by atoms with Crippen LogP contribution in [-0.4, -0.2) is 59.9 Å². The maximum atomic E-state index is 12.5. The molecule has 3 atom stereocenters. The molecule has 0 saturated heterocycles. The summed E-state index contributed by atoms with van der Waals surface area (Å²) in [4.78, 5) is 45.6. The number of aliphatic carboxylic acids is 1. The molecule has 48 heavy (non-hydrogen) atoms. The lowest BCUT2D eigenvalue weighted by Gasteiger charge is -2.20. The maximum Gasteiger partial charge on any atom is 0.472 e. The molecule has 0 bridgehead atoms. The minimum atomic E-state index is -4.71. The molecule has 0 aromatic carbocycles. The zero-order chi connectivity index (χ0) is 35.7. The number of esters is 2. The molecule has 0 aliphatic heterocycles. The summed E-state index contributed by atoms with van der Waals surface area (Å²) < 4.78 is 32.4. The first kappa shape index (κ1) is 45.7. The third-order valence-corrected chi connectivity index (χ3v) is 8.35. The minimum absolute atomic E-state index is 0.142. The first-order valence-corrected chi connectivity index (χ1v) is 19.5. The first-order valence-electron chi connectivity index (χ1n) is 18.0. The Balaban J connectivity index is 4.49. The number of phosphoric acid groups is 1. The van der Waals surface area contributed by atoms with Gasteiger partial charge in [-0.1, -0.05) is 121 Å². The molecular formula is C36H64NO10P. The van der Waals surface area contributed by atoms with Crippen molar-refractivity contribution in [2.45, 2.75) is 154 Å². The number of hydrogen-bond acceptors (Lipinski definition) is 9. The molecule has 0 radical (unpaired) electrons. The van der Waals surface area contributed by atoms with Crippen molar-refractivity contribution in [2.24, 2.45) is 5.73 Å². The fourth-order valence-electron chi connectivity index (χ4n) is 4.55. The third-order valence-electron chi connectivity index (χ3n) is 7.40. The quantitative estimate of drug-likeness (QED) is 0.0259. The summed E-state index contributed by atoms with van der Waals surface area (Å²) in [5.74, 6) is -2.41. The number of hydrogen-bond donors (Lipinski definition) is 3. The number of rotatable bonds is 33. The SMILES string of the molecule is CC/C=C\C/C=C\C/C=C\CCCCCCCC(=O)O[C@H](COC(=O)CCCCCCCCCCC)COP(=O)(O)OC[C@H](N)C(=O)O. The van der Waals surface area contributed by atoms with Gasteiger partial charge in [0.25, 0.3) is 0 Å². The number of carbonyl (C=O) groups is 3. The molecule has 0 aliphatic carbocycles. The zero-order valence-electron chi connectivity index (χ0n) is 29.6. The summed E-state index contributed by atoms with van der Waals surface area (Å²) in [5.41, 5.74) is 5.30. The third kappa shape index (κ3) is 31.0. The lowest BCUT2D eigenvalue weighted by atomic mass is 10.1. The molecule has 11 nitrogen and oxygen atoms in total. The lowest BCUT2D eigenvalue weighted by molar-refractivity contribution is -0.161. The van der Waals surface area contributed by atoms with E-state index in [1.54, 1.807) is 0 Å². The highest BCUT2D eigenvalue weighted by atomic mass is 31.2. The number of nitrogens with two attached hydrogens (primary N) is 1. The van der Waals surface area contributed by atoms with E-state index in [1.165, 1.54) is 32.1 Å². The van der Waals surface area contributed by atoms with E-state index in [2.05, 4.69) is 54.8 Å². The summed E-state index contributed by atoms with van der Waals surface area (Å²) in [6.45, 7) is 2.61. The molecular weight excluding hydrogens is 637 g/mol. The second kappa shape index (κ2) is 31.9.